The fourth-order valence-corrected chi connectivity index (χ4v) is 3.16. The number of carbonyl (C=O) groups excluding carboxylic acids is 1. The molecule has 3 heterocycles. The van der Waals surface area contributed by atoms with Crippen LogP contribution in [-0.2, 0) is 24.2 Å². The van der Waals surface area contributed by atoms with Crippen molar-refractivity contribution in [1.82, 2.24) is 40.3 Å². The molecule has 1 aliphatic rings. The average molecular weight is 338 g/mol. The molecule has 1 N–H and O–H groups in total. The fraction of sp³-hybridized carbons (Fsp3) is 0.375. The molecular formula is C16H18N8O. The third kappa shape index (κ3) is 3.00. The number of aromatic amines is 1. The van der Waals surface area contributed by atoms with E-state index in [1.165, 1.54) is 5.56 Å². The third-order valence-electron chi connectivity index (χ3n) is 4.44. The summed E-state index contributed by atoms with van der Waals surface area (Å²) in [7, 11) is 0. The van der Waals surface area contributed by atoms with Gasteiger partial charge in [-0.25, -0.2) is 0 Å². The summed E-state index contributed by atoms with van der Waals surface area (Å²) in [6.07, 6.45) is 1.22. The lowest BCUT2D eigenvalue weighted by Gasteiger charge is -2.32. The van der Waals surface area contributed by atoms with E-state index in [0.29, 0.717) is 31.2 Å². The molecule has 0 radical (unpaired) electrons. The Hall–Kier alpha value is -3.10. The minimum absolute atomic E-state index is 0.0811. The molecule has 0 fully saturated rings. The second kappa shape index (κ2) is 6.42. The monoisotopic (exact) mass is 338 g/mol. The first-order valence-electron chi connectivity index (χ1n) is 8.20. The number of hydrogen-bond acceptors (Lipinski definition) is 6. The molecule has 9 nitrogen and oxygen atoms in total. The molecule has 2 aromatic heterocycles. The molecule has 3 aromatic rings. The van der Waals surface area contributed by atoms with Crippen LogP contribution in [0.5, 0.6) is 0 Å². The van der Waals surface area contributed by atoms with Gasteiger partial charge in [0.15, 0.2) is 11.6 Å². The first kappa shape index (κ1) is 15.4. The summed E-state index contributed by atoms with van der Waals surface area (Å²) in [6, 6.07) is 9.82. The Morgan fingerprint density at radius 2 is 2.04 bits per heavy atom. The smallest absolute Gasteiger partial charge is 0.245 e. The largest absolute Gasteiger partial charge is 0.333 e. The van der Waals surface area contributed by atoms with Gasteiger partial charge < -0.3 is 9.47 Å². The van der Waals surface area contributed by atoms with Gasteiger partial charge in [0.25, 0.3) is 0 Å². The van der Waals surface area contributed by atoms with Gasteiger partial charge in [0.05, 0.1) is 13.0 Å². The molecule has 4 rings (SSSR count). The highest BCUT2D eigenvalue weighted by atomic mass is 16.2. The lowest BCUT2D eigenvalue weighted by Crippen LogP contribution is -2.43. The number of hydrogen-bond donors (Lipinski definition) is 1. The van der Waals surface area contributed by atoms with Crippen molar-refractivity contribution in [3.8, 4) is 0 Å². The quantitative estimate of drug-likeness (QED) is 0.727. The molecule has 25 heavy (non-hydrogen) atoms. The molecule has 128 valence electrons. The molecule has 0 aliphatic carbocycles. The Morgan fingerprint density at radius 1 is 1.20 bits per heavy atom. The molecule has 0 spiro atoms. The molecule has 9 heteroatoms. The number of aromatic nitrogens is 7. The maximum atomic E-state index is 12.8. The van der Waals surface area contributed by atoms with Crippen molar-refractivity contribution in [2.75, 3.05) is 6.54 Å². The van der Waals surface area contributed by atoms with Crippen LogP contribution in [0.3, 0.4) is 0 Å². The number of carbonyl (C=O) groups is 1. The predicted octanol–water partition coefficient (Wildman–Crippen LogP) is 0.528. The molecule has 1 atom stereocenters. The van der Waals surface area contributed by atoms with Crippen molar-refractivity contribution in [1.29, 1.82) is 0 Å². The fourth-order valence-electron chi connectivity index (χ4n) is 3.16. The normalized spacial score (nSPS) is 16.9. The van der Waals surface area contributed by atoms with E-state index in [1.807, 2.05) is 34.6 Å². The minimum atomic E-state index is -0.337. The minimum Gasteiger partial charge on any atom is -0.333 e. The maximum Gasteiger partial charge on any atom is 0.245 e. The zero-order valence-electron chi connectivity index (χ0n) is 13.8. The zero-order chi connectivity index (χ0) is 17.2. The lowest BCUT2D eigenvalue weighted by atomic mass is 10.1. The Labute approximate surface area is 144 Å². The molecule has 0 saturated carbocycles. The highest BCUT2D eigenvalue weighted by molar-refractivity contribution is 5.81. The van der Waals surface area contributed by atoms with Crippen molar-refractivity contribution in [3.05, 3.63) is 53.4 Å². The van der Waals surface area contributed by atoms with Gasteiger partial charge >= 0.3 is 0 Å². The highest BCUT2D eigenvalue weighted by Crippen LogP contribution is 2.23. The number of amides is 1. The van der Waals surface area contributed by atoms with Gasteiger partial charge in [0.2, 0.25) is 5.91 Å². The topological polar surface area (TPSA) is 105 Å². The molecular weight excluding hydrogens is 320 g/mol. The van der Waals surface area contributed by atoms with Gasteiger partial charge in [0, 0.05) is 6.54 Å². The Balaban J connectivity index is 1.51. The van der Waals surface area contributed by atoms with Gasteiger partial charge in [-0.05, 0) is 18.9 Å². The number of tetrazole rings is 1. The number of nitrogens with one attached hydrogen (secondary N) is 1. The van der Waals surface area contributed by atoms with Crippen LogP contribution in [0.2, 0.25) is 0 Å². The van der Waals surface area contributed by atoms with Crippen LogP contribution in [0.4, 0.5) is 0 Å². The van der Waals surface area contributed by atoms with Crippen LogP contribution >= 0.6 is 0 Å². The second-order valence-corrected chi connectivity index (χ2v) is 6.08. The predicted molar refractivity (Wildman–Crippen MR) is 87.3 cm³/mol. The Bertz CT molecular complexity index is 858. The van der Waals surface area contributed by atoms with Gasteiger partial charge in [-0.3, -0.25) is 4.79 Å². The van der Waals surface area contributed by atoms with Crippen LogP contribution < -0.4 is 0 Å². The lowest BCUT2D eigenvalue weighted by molar-refractivity contribution is -0.137. The van der Waals surface area contributed by atoms with Crippen molar-refractivity contribution in [2.45, 2.75) is 32.4 Å². The van der Waals surface area contributed by atoms with E-state index in [9.17, 15) is 4.79 Å². The number of H-pyrrole nitrogens is 1. The molecule has 0 bridgehead atoms. The van der Waals surface area contributed by atoms with E-state index < -0.39 is 0 Å². The summed E-state index contributed by atoms with van der Waals surface area (Å²) in [5, 5.41) is 22.3. The summed E-state index contributed by atoms with van der Waals surface area (Å²) in [5.41, 5.74) is 1.22. The first-order valence-corrected chi connectivity index (χ1v) is 8.20. The second-order valence-electron chi connectivity index (χ2n) is 6.08. The van der Waals surface area contributed by atoms with Crippen LogP contribution in [0.25, 0.3) is 0 Å². The van der Waals surface area contributed by atoms with Gasteiger partial charge in [0.1, 0.15) is 11.9 Å². The molecule has 1 aromatic carbocycles. The average Bonchev–Trinajstić information content (AvgIpc) is 3.28. The van der Waals surface area contributed by atoms with E-state index in [-0.39, 0.29) is 11.9 Å². The standard InChI is InChI=1S/C16H18N8O/c1-11-16(25)23(8-7-12-5-3-2-4-6-12)10-15-20-19-14(24(11)15)9-13-17-21-22-18-13/h2-6,11H,7-10H2,1H3,(H,17,18,21,22)/t11-/m0/s1. The van der Waals surface area contributed by atoms with Gasteiger partial charge in [-0.1, -0.05) is 35.5 Å². The van der Waals surface area contributed by atoms with Crippen molar-refractivity contribution >= 4 is 5.91 Å². The molecule has 0 saturated heterocycles. The third-order valence-corrected chi connectivity index (χ3v) is 4.44. The number of rotatable bonds is 5. The number of benzene rings is 1. The summed E-state index contributed by atoms with van der Waals surface area (Å²) in [5.74, 6) is 2.08. The molecule has 0 unspecified atom stereocenters. The van der Waals surface area contributed by atoms with Crippen molar-refractivity contribution in [2.24, 2.45) is 0 Å². The highest BCUT2D eigenvalue weighted by Gasteiger charge is 2.33. The summed E-state index contributed by atoms with van der Waals surface area (Å²) in [4.78, 5) is 14.6. The van der Waals surface area contributed by atoms with E-state index in [2.05, 4.69) is 43.0 Å². The summed E-state index contributed by atoms with van der Waals surface area (Å²) in [6.45, 7) is 3.01. The number of nitrogens with zero attached hydrogens (tertiary/aromatic N) is 7. The van der Waals surface area contributed by atoms with E-state index in [1.54, 1.807) is 0 Å². The van der Waals surface area contributed by atoms with Crippen LogP contribution in [0.1, 0.15) is 36.0 Å². The van der Waals surface area contributed by atoms with E-state index in [4.69, 9.17) is 0 Å². The van der Waals surface area contributed by atoms with Crippen LogP contribution in [-0.4, -0.2) is 52.7 Å². The summed E-state index contributed by atoms with van der Waals surface area (Å²) >= 11 is 0. The summed E-state index contributed by atoms with van der Waals surface area (Å²) < 4.78 is 1.89. The zero-order valence-corrected chi connectivity index (χ0v) is 13.8. The number of fused-ring (bicyclic) bond motifs is 1. The first-order chi connectivity index (χ1) is 12.2. The van der Waals surface area contributed by atoms with Crippen LogP contribution in [0, 0.1) is 0 Å². The van der Waals surface area contributed by atoms with Crippen molar-refractivity contribution < 1.29 is 4.79 Å². The van der Waals surface area contributed by atoms with Crippen molar-refractivity contribution in [3.63, 3.8) is 0 Å². The molecule has 1 aliphatic heterocycles. The van der Waals surface area contributed by atoms with Crippen LogP contribution in [0.15, 0.2) is 30.3 Å². The molecule has 1 amide bonds. The van der Waals surface area contributed by atoms with Gasteiger partial charge in [-0.2, -0.15) is 5.21 Å². The van der Waals surface area contributed by atoms with E-state index >= 15 is 0 Å². The van der Waals surface area contributed by atoms with E-state index in [0.717, 1.165) is 12.2 Å². The maximum absolute atomic E-state index is 12.8. The SMILES string of the molecule is C[C@H]1C(=O)N(CCc2ccccc2)Cc2nnc(Cc3nn[nH]n3)n21. The van der Waals surface area contributed by atoms with Gasteiger partial charge in [-0.15, -0.1) is 20.4 Å². The Kier molecular flexibility index (Phi) is 3.96. The Morgan fingerprint density at radius 3 is 2.80 bits per heavy atom.